The first-order valence-corrected chi connectivity index (χ1v) is 5.89. The fourth-order valence-corrected chi connectivity index (χ4v) is 2.21. The van der Waals surface area contributed by atoms with Gasteiger partial charge < -0.3 is 10.5 Å². The Morgan fingerprint density at radius 3 is 2.62 bits per heavy atom. The molecule has 0 bridgehead atoms. The molecule has 90 valence electrons. The molecule has 1 aromatic carbocycles. The molecule has 0 spiro atoms. The second kappa shape index (κ2) is 6.45. The summed E-state index contributed by atoms with van der Waals surface area (Å²) in [4.78, 5) is 2.39. The van der Waals surface area contributed by atoms with Crippen molar-refractivity contribution in [1.82, 2.24) is 4.90 Å². The van der Waals surface area contributed by atoms with Crippen molar-refractivity contribution in [1.29, 1.82) is 0 Å². The predicted molar refractivity (Wildman–Crippen MR) is 71.9 cm³/mol. The third-order valence-corrected chi connectivity index (χ3v) is 3.31. The molecule has 1 aromatic rings. The number of hydrogen-bond acceptors (Lipinski definition) is 3. The quantitative estimate of drug-likeness (QED) is 0.852. The van der Waals surface area contributed by atoms with Crippen LogP contribution in [0.15, 0.2) is 22.7 Å². The van der Waals surface area contributed by atoms with E-state index < -0.39 is 0 Å². The second-order valence-corrected chi connectivity index (χ2v) is 4.59. The van der Waals surface area contributed by atoms with Gasteiger partial charge in [0.25, 0.3) is 0 Å². The van der Waals surface area contributed by atoms with Crippen LogP contribution < -0.4 is 5.73 Å². The van der Waals surface area contributed by atoms with Crippen molar-refractivity contribution < 1.29 is 4.74 Å². The van der Waals surface area contributed by atoms with E-state index in [9.17, 15) is 0 Å². The number of hydrogen-bond donors (Lipinski definition) is 1. The minimum Gasteiger partial charge on any atom is -0.399 e. The summed E-state index contributed by atoms with van der Waals surface area (Å²) in [5.41, 5.74) is 7.78. The van der Waals surface area contributed by atoms with Gasteiger partial charge >= 0.3 is 0 Å². The number of nitrogens with zero attached hydrogens (tertiary/aromatic N) is 1. The van der Waals surface area contributed by atoms with Crippen LogP contribution >= 0.6 is 28.3 Å². The molecule has 1 aliphatic heterocycles. The lowest BCUT2D eigenvalue weighted by molar-refractivity contribution is 0.0341. The van der Waals surface area contributed by atoms with Gasteiger partial charge in [-0.25, -0.2) is 0 Å². The molecule has 0 atom stereocenters. The van der Waals surface area contributed by atoms with Crippen LogP contribution in [0, 0.1) is 0 Å². The Hall–Kier alpha value is -0.290. The maximum Gasteiger partial charge on any atom is 0.0594 e. The van der Waals surface area contributed by atoms with Crippen LogP contribution in [0.2, 0.25) is 0 Å². The molecule has 2 rings (SSSR count). The molecule has 16 heavy (non-hydrogen) atoms. The highest BCUT2D eigenvalue weighted by Gasteiger charge is 2.11. The van der Waals surface area contributed by atoms with E-state index in [-0.39, 0.29) is 12.4 Å². The molecule has 1 fully saturated rings. The van der Waals surface area contributed by atoms with Gasteiger partial charge in [-0.3, -0.25) is 4.90 Å². The zero-order valence-electron chi connectivity index (χ0n) is 8.99. The summed E-state index contributed by atoms with van der Waals surface area (Å²) in [5.74, 6) is 0. The fourth-order valence-electron chi connectivity index (χ4n) is 1.69. The lowest BCUT2D eigenvalue weighted by Gasteiger charge is -2.26. The van der Waals surface area contributed by atoms with E-state index in [2.05, 4.69) is 26.9 Å². The Bertz CT molecular complexity index is 343. The van der Waals surface area contributed by atoms with Crippen molar-refractivity contribution in [2.24, 2.45) is 0 Å². The van der Waals surface area contributed by atoms with Crippen LogP contribution in [0.1, 0.15) is 5.56 Å². The monoisotopic (exact) mass is 306 g/mol. The standard InChI is InChI=1S/C11H15BrN2O.ClH/c12-11-7-10(13)2-1-9(11)8-14-3-5-15-6-4-14;/h1-2,7H,3-6,8,13H2;1H. The minimum absolute atomic E-state index is 0. The zero-order valence-corrected chi connectivity index (χ0v) is 11.4. The van der Waals surface area contributed by atoms with Gasteiger partial charge in [-0.2, -0.15) is 0 Å². The van der Waals surface area contributed by atoms with Crippen molar-refractivity contribution in [2.45, 2.75) is 6.54 Å². The van der Waals surface area contributed by atoms with Crippen LogP contribution in [0.25, 0.3) is 0 Å². The van der Waals surface area contributed by atoms with E-state index in [1.165, 1.54) is 5.56 Å². The number of halogens is 2. The molecule has 0 radical (unpaired) electrons. The smallest absolute Gasteiger partial charge is 0.0594 e. The van der Waals surface area contributed by atoms with Gasteiger partial charge in [0, 0.05) is 29.8 Å². The largest absolute Gasteiger partial charge is 0.399 e. The molecule has 3 nitrogen and oxygen atoms in total. The molecule has 1 saturated heterocycles. The van der Waals surface area contributed by atoms with E-state index >= 15 is 0 Å². The third kappa shape index (κ3) is 3.63. The number of anilines is 1. The molecule has 5 heteroatoms. The van der Waals surface area contributed by atoms with Gasteiger partial charge in [0.2, 0.25) is 0 Å². The highest BCUT2D eigenvalue weighted by atomic mass is 79.9. The van der Waals surface area contributed by atoms with Gasteiger partial charge in [-0.1, -0.05) is 22.0 Å². The van der Waals surface area contributed by atoms with Gasteiger partial charge in [0.1, 0.15) is 0 Å². The summed E-state index contributed by atoms with van der Waals surface area (Å²) < 4.78 is 6.41. The predicted octanol–water partition coefficient (Wildman–Crippen LogP) is 2.29. The number of nitrogens with two attached hydrogens (primary N) is 1. The van der Waals surface area contributed by atoms with E-state index in [0.717, 1.165) is 43.0 Å². The summed E-state index contributed by atoms with van der Waals surface area (Å²) in [5, 5.41) is 0. The molecule has 0 saturated carbocycles. The molecule has 1 aliphatic rings. The Morgan fingerprint density at radius 1 is 1.31 bits per heavy atom. The van der Waals surface area contributed by atoms with Crippen LogP contribution in [0.3, 0.4) is 0 Å². The molecule has 0 aliphatic carbocycles. The first-order chi connectivity index (χ1) is 7.25. The van der Waals surface area contributed by atoms with E-state index in [0.29, 0.717) is 0 Å². The van der Waals surface area contributed by atoms with E-state index in [1.807, 2.05) is 12.1 Å². The fraction of sp³-hybridized carbons (Fsp3) is 0.455. The van der Waals surface area contributed by atoms with E-state index in [1.54, 1.807) is 0 Å². The van der Waals surface area contributed by atoms with Crippen LogP contribution in [0.5, 0.6) is 0 Å². The van der Waals surface area contributed by atoms with E-state index in [4.69, 9.17) is 10.5 Å². The minimum atomic E-state index is 0. The number of benzene rings is 1. The molecule has 0 unspecified atom stereocenters. The average Bonchev–Trinajstić information content (AvgIpc) is 2.24. The average molecular weight is 308 g/mol. The summed E-state index contributed by atoms with van der Waals surface area (Å²) >= 11 is 3.54. The van der Waals surface area contributed by atoms with Crippen LogP contribution in [0.4, 0.5) is 5.69 Å². The number of morpholine rings is 1. The van der Waals surface area contributed by atoms with Crippen molar-refractivity contribution in [3.8, 4) is 0 Å². The van der Waals surface area contributed by atoms with Crippen LogP contribution in [-0.2, 0) is 11.3 Å². The first kappa shape index (κ1) is 13.8. The lowest BCUT2D eigenvalue weighted by Crippen LogP contribution is -2.35. The van der Waals surface area contributed by atoms with Crippen molar-refractivity contribution in [3.05, 3.63) is 28.2 Å². The molecule has 0 amide bonds. The summed E-state index contributed by atoms with van der Waals surface area (Å²) in [6.45, 7) is 4.66. The highest BCUT2D eigenvalue weighted by molar-refractivity contribution is 9.10. The van der Waals surface area contributed by atoms with Gasteiger partial charge in [-0.05, 0) is 17.7 Å². The third-order valence-electron chi connectivity index (χ3n) is 2.57. The van der Waals surface area contributed by atoms with Crippen molar-refractivity contribution in [3.63, 3.8) is 0 Å². The van der Waals surface area contributed by atoms with Gasteiger partial charge in [0.05, 0.1) is 13.2 Å². The topological polar surface area (TPSA) is 38.5 Å². The molecule has 1 heterocycles. The molecule has 0 aromatic heterocycles. The molecule has 2 N–H and O–H groups in total. The maximum absolute atomic E-state index is 5.70. The Labute approximate surface area is 110 Å². The number of nitrogen functional groups attached to an aromatic ring is 1. The lowest BCUT2D eigenvalue weighted by atomic mass is 10.2. The van der Waals surface area contributed by atoms with Gasteiger partial charge in [0.15, 0.2) is 0 Å². The molecular formula is C11H16BrClN2O. The Kier molecular flexibility index (Phi) is 5.55. The maximum atomic E-state index is 5.70. The number of rotatable bonds is 2. The SMILES string of the molecule is Cl.Nc1ccc(CN2CCOCC2)c(Br)c1. The first-order valence-electron chi connectivity index (χ1n) is 5.10. The number of ether oxygens (including phenoxy) is 1. The molecular weight excluding hydrogens is 291 g/mol. The van der Waals surface area contributed by atoms with Crippen LogP contribution in [-0.4, -0.2) is 31.2 Å². The summed E-state index contributed by atoms with van der Waals surface area (Å²) in [6, 6.07) is 5.98. The summed E-state index contributed by atoms with van der Waals surface area (Å²) in [6.07, 6.45) is 0. The zero-order chi connectivity index (χ0) is 10.7. The Morgan fingerprint density at radius 2 is 2.00 bits per heavy atom. The van der Waals surface area contributed by atoms with Gasteiger partial charge in [-0.15, -0.1) is 12.4 Å². The second-order valence-electron chi connectivity index (χ2n) is 3.74. The van der Waals surface area contributed by atoms with Crippen molar-refractivity contribution >= 4 is 34.0 Å². The summed E-state index contributed by atoms with van der Waals surface area (Å²) in [7, 11) is 0. The Balaban J connectivity index is 0.00000128. The van der Waals surface area contributed by atoms with Crippen molar-refractivity contribution in [2.75, 3.05) is 32.0 Å². The normalized spacial score (nSPS) is 16.8. The highest BCUT2D eigenvalue weighted by Crippen LogP contribution is 2.21.